The lowest BCUT2D eigenvalue weighted by Crippen LogP contribution is -2.27. The highest BCUT2D eigenvalue weighted by Gasteiger charge is 2.21. The lowest BCUT2D eigenvalue weighted by Gasteiger charge is -2.21. The summed E-state index contributed by atoms with van der Waals surface area (Å²) in [6.45, 7) is 5.90. The summed E-state index contributed by atoms with van der Waals surface area (Å²) in [6, 6.07) is 2.00. The monoisotopic (exact) mass is 238 g/mol. The van der Waals surface area contributed by atoms with Gasteiger partial charge in [-0.25, -0.2) is 0 Å². The van der Waals surface area contributed by atoms with Gasteiger partial charge in [-0.3, -0.25) is 9.48 Å². The number of Topliss-reactive ketones (excluding diaryl/α,β-unsaturated/α-hetero) is 1. The Kier molecular flexibility index (Phi) is 4.46. The molecule has 0 saturated carbocycles. The van der Waals surface area contributed by atoms with Gasteiger partial charge in [0.2, 0.25) is 0 Å². The zero-order chi connectivity index (χ0) is 13.1. The van der Waals surface area contributed by atoms with E-state index in [1.54, 1.807) is 11.8 Å². The Morgan fingerprint density at radius 1 is 1.53 bits per heavy atom. The number of aryl methyl sites for hydroxylation is 2. The fourth-order valence-corrected chi connectivity index (χ4v) is 1.72. The minimum atomic E-state index is -0.386. The standard InChI is InChI=1S/C13H22N2O2/c1-6-10-7-11(15(4)14-10)8-12(16)9-13(2,3)17-5/h7H,6,8-9H2,1-5H3. The van der Waals surface area contributed by atoms with Gasteiger partial charge in [0, 0.05) is 32.7 Å². The Hall–Kier alpha value is -1.16. The molecule has 1 rings (SSSR count). The molecule has 96 valence electrons. The minimum absolute atomic E-state index is 0.183. The van der Waals surface area contributed by atoms with E-state index in [1.807, 2.05) is 27.0 Å². The van der Waals surface area contributed by atoms with Crippen LogP contribution in [0.5, 0.6) is 0 Å². The van der Waals surface area contributed by atoms with E-state index in [9.17, 15) is 4.79 Å². The molecule has 1 aromatic heterocycles. The predicted octanol–water partition coefficient (Wildman–Crippen LogP) is 1.91. The highest BCUT2D eigenvalue weighted by Crippen LogP contribution is 2.15. The van der Waals surface area contributed by atoms with Gasteiger partial charge in [0.25, 0.3) is 0 Å². The normalized spacial score (nSPS) is 11.8. The molecule has 0 aliphatic carbocycles. The maximum absolute atomic E-state index is 11.9. The number of ether oxygens (including phenoxy) is 1. The molecule has 0 N–H and O–H groups in total. The fourth-order valence-electron chi connectivity index (χ4n) is 1.72. The van der Waals surface area contributed by atoms with Crippen LogP contribution in [0.1, 0.15) is 38.6 Å². The van der Waals surface area contributed by atoms with Crippen LogP contribution in [0.25, 0.3) is 0 Å². The van der Waals surface area contributed by atoms with Crippen LogP contribution >= 0.6 is 0 Å². The summed E-state index contributed by atoms with van der Waals surface area (Å²) in [5.41, 5.74) is 1.61. The summed E-state index contributed by atoms with van der Waals surface area (Å²) < 4.78 is 7.05. The van der Waals surface area contributed by atoms with Gasteiger partial charge in [-0.1, -0.05) is 6.92 Å². The molecule has 1 heterocycles. The van der Waals surface area contributed by atoms with Gasteiger partial charge in [-0.05, 0) is 26.3 Å². The largest absolute Gasteiger partial charge is 0.378 e. The van der Waals surface area contributed by atoms with Crippen LogP contribution in [0.3, 0.4) is 0 Å². The van der Waals surface area contributed by atoms with Crippen molar-refractivity contribution in [2.45, 2.75) is 45.6 Å². The number of rotatable bonds is 6. The molecule has 17 heavy (non-hydrogen) atoms. The summed E-state index contributed by atoms with van der Waals surface area (Å²) in [5.74, 6) is 0.183. The van der Waals surface area contributed by atoms with Crippen LogP contribution in [0.2, 0.25) is 0 Å². The van der Waals surface area contributed by atoms with Crippen molar-refractivity contribution in [3.05, 3.63) is 17.5 Å². The van der Waals surface area contributed by atoms with Crippen molar-refractivity contribution < 1.29 is 9.53 Å². The molecule has 0 unspecified atom stereocenters. The Morgan fingerprint density at radius 2 is 2.18 bits per heavy atom. The molecule has 0 saturated heterocycles. The molecule has 0 atom stereocenters. The van der Waals surface area contributed by atoms with E-state index in [0.717, 1.165) is 17.8 Å². The maximum atomic E-state index is 11.9. The average Bonchev–Trinajstić information content (AvgIpc) is 2.59. The lowest BCUT2D eigenvalue weighted by atomic mass is 9.99. The first-order valence-electron chi connectivity index (χ1n) is 5.96. The van der Waals surface area contributed by atoms with Crippen LogP contribution in [-0.2, 0) is 29.4 Å². The molecule has 0 aliphatic rings. The smallest absolute Gasteiger partial charge is 0.141 e. The molecule has 0 amide bonds. The maximum Gasteiger partial charge on any atom is 0.141 e. The second-order valence-electron chi connectivity index (χ2n) is 4.96. The third-order valence-electron chi connectivity index (χ3n) is 2.94. The number of ketones is 1. The zero-order valence-corrected chi connectivity index (χ0v) is 11.4. The number of carbonyl (C=O) groups is 1. The van der Waals surface area contributed by atoms with Crippen molar-refractivity contribution in [3.8, 4) is 0 Å². The van der Waals surface area contributed by atoms with E-state index in [2.05, 4.69) is 12.0 Å². The number of aromatic nitrogens is 2. The van der Waals surface area contributed by atoms with E-state index < -0.39 is 0 Å². The summed E-state index contributed by atoms with van der Waals surface area (Å²) in [4.78, 5) is 11.9. The van der Waals surface area contributed by atoms with Gasteiger partial charge in [-0.15, -0.1) is 0 Å². The molecule has 4 heteroatoms. The van der Waals surface area contributed by atoms with Gasteiger partial charge in [0.05, 0.1) is 11.3 Å². The van der Waals surface area contributed by atoms with Gasteiger partial charge < -0.3 is 4.74 Å². The van der Waals surface area contributed by atoms with Crippen LogP contribution < -0.4 is 0 Å². The van der Waals surface area contributed by atoms with Gasteiger partial charge in [0.1, 0.15) is 5.78 Å². The molecule has 0 aromatic carbocycles. The van der Waals surface area contributed by atoms with Gasteiger partial charge in [-0.2, -0.15) is 5.10 Å². The molecule has 0 spiro atoms. The van der Waals surface area contributed by atoms with Gasteiger partial charge >= 0.3 is 0 Å². The van der Waals surface area contributed by atoms with Crippen LogP contribution in [-0.4, -0.2) is 28.3 Å². The molecule has 0 aliphatic heterocycles. The minimum Gasteiger partial charge on any atom is -0.378 e. The number of methoxy groups -OCH3 is 1. The highest BCUT2D eigenvalue weighted by molar-refractivity contribution is 5.81. The molecule has 0 bridgehead atoms. The van der Waals surface area contributed by atoms with E-state index >= 15 is 0 Å². The third-order valence-corrected chi connectivity index (χ3v) is 2.94. The predicted molar refractivity (Wildman–Crippen MR) is 67.0 cm³/mol. The summed E-state index contributed by atoms with van der Waals surface area (Å²) in [6.07, 6.45) is 1.75. The number of carbonyl (C=O) groups excluding carboxylic acids is 1. The Morgan fingerprint density at radius 3 is 2.65 bits per heavy atom. The Bertz CT molecular complexity index is 394. The van der Waals surface area contributed by atoms with Crippen molar-refractivity contribution >= 4 is 5.78 Å². The number of hydrogen-bond donors (Lipinski definition) is 0. The van der Waals surface area contributed by atoms with E-state index in [-0.39, 0.29) is 11.4 Å². The Labute approximate surface area is 103 Å². The van der Waals surface area contributed by atoms with E-state index in [4.69, 9.17) is 4.74 Å². The van der Waals surface area contributed by atoms with Crippen molar-refractivity contribution in [2.75, 3.05) is 7.11 Å². The molecular formula is C13H22N2O2. The summed E-state index contributed by atoms with van der Waals surface area (Å²) in [5, 5.41) is 4.33. The topological polar surface area (TPSA) is 44.1 Å². The van der Waals surface area contributed by atoms with Crippen molar-refractivity contribution in [1.29, 1.82) is 0 Å². The molecule has 0 fully saturated rings. The van der Waals surface area contributed by atoms with Crippen molar-refractivity contribution in [1.82, 2.24) is 9.78 Å². The molecule has 1 aromatic rings. The summed E-state index contributed by atoms with van der Waals surface area (Å²) >= 11 is 0. The highest BCUT2D eigenvalue weighted by atomic mass is 16.5. The fraction of sp³-hybridized carbons (Fsp3) is 0.692. The number of nitrogens with zero attached hydrogens (tertiary/aromatic N) is 2. The quantitative estimate of drug-likeness (QED) is 0.760. The van der Waals surface area contributed by atoms with Crippen molar-refractivity contribution in [3.63, 3.8) is 0 Å². The molecule has 0 radical (unpaired) electrons. The van der Waals surface area contributed by atoms with Crippen molar-refractivity contribution in [2.24, 2.45) is 7.05 Å². The first-order chi connectivity index (χ1) is 7.88. The number of hydrogen-bond acceptors (Lipinski definition) is 3. The first kappa shape index (κ1) is 13.9. The van der Waals surface area contributed by atoms with E-state index in [0.29, 0.717) is 12.8 Å². The van der Waals surface area contributed by atoms with Crippen LogP contribution in [0, 0.1) is 0 Å². The third kappa shape index (κ3) is 3.97. The Balaban J connectivity index is 2.65. The van der Waals surface area contributed by atoms with Crippen LogP contribution in [0.4, 0.5) is 0 Å². The van der Waals surface area contributed by atoms with Crippen LogP contribution in [0.15, 0.2) is 6.07 Å². The summed E-state index contributed by atoms with van der Waals surface area (Å²) in [7, 11) is 3.51. The molecule has 4 nitrogen and oxygen atoms in total. The average molecular weight is 238 g/mol. The second-order valence-corrected chi connectivity index (χ2v) is 4.96. The molecular weight excluding hydrogens is 216 g/mol. The SMILES string of the molecule is CCc1cc(CC(=O)CC(C)(C)OC)n(C)n1. The second kappa shape index (κ2) is 5.45. The first-order valence-corrected chi connectivity index (χ1v) is 5.96. The lowest BCUT2D eigenvalue weighted by molar-refractivity contribution is -0.123. The van der Waals surface area contributed by atoms with E-state index in [1.165, 1.54) is 0 Å². The zero-order valence-electron chi connectivity index (χ0n) is 11.4. The van der Waals surface area contributed by atoms with Gasteiger partial charge in [0.15, 0.2) is 0 Å².